The van der Waals surface area contributed by atoms with Gasteiger partial charge in [-0.3, -0.25) is 4.79 Å². The molecule has 5 heteroatoms. The smallest absolute Gasteiger partial charge is 0.289 e. The molecule has 2 saturated heterocycles. The van der Waals surface area contributed by atoms with Gasteiger partial charge in [-0.05, 0) is 63.0 Å². The Labute approximate surface area is 118 Å². The molecule has 0 N–H and O–H groups in total. The van der Waals surface area contributed by atoms with Gasteiger partial charge in [0.2, 0.25) is 0 Å². The molecule has 0 aliphatic carbocycles. The van der Waals surface area contributed by atoms with Gasteiger partial charge >= 0.3 is 0 Å². The quantitative estimate of drug-likeness (QED) is 0.837. The Morgan fingerprint density at radius 2 is 2.00 bits per heavy atom. The first kappa shape index (κ1) is 13.0. The molecular formula is C14H19ClN2O2. The summed E-state index contributed by atoms with van der Waals surface area (Å²) in [5, 5.41) is 0.275. The average Bonchev–Trinajstić information content (AvgIpc) is 3.07. The van der Waals surface area contributed by atoms with Crippen LogP contribution >= 0.6 is 11.6 Å². The van der Waals surface area contributed by atoms with Crippen molar-refractivity contribution in [1.82, 2.24) is 9.80 Å². The maximum atomic E-state index is 12.5. The molecule has 2 unspecified atom stereocenters. The van der Waals surface area contributed by atoms with Gasteiger partial charge in [-0.15, -0.1) is 0 Å². The molecule has 2 atom stereocenters. The summed E-state index contributed by atoms with van der Waals surface area (Å²) >= 11 is 5.75. The van der Waals surface area contributed by atoms with E-state index < -0.39 is 0 Å². The zero-order chi connectivity index (χ0) is 13.4. The molecule has 0 aromatic carbocycles. The minimum atomic E-state index is -0.0188. The van der Waals surface area contributed by atoms with Gasteiger partial charge in [-0.2, -0.15) is 0 Å². The van der Waals surface area contributed by atoms with Crippen LogP contribution < -0.4 is 0 Å². The van der Waals surface area contributed by atoms with E-state index in [0.29, 0.717) is 17.8 Å². The van der Waals surface area contributed by atoms with E-state index in [2.05, 4.69) is 11.9 Å². The highest BCUT2D eigenvalue weighted by molar-refractivity contribution is 6.29. The fourth-order valence-corrected chi connectivity index (χ4v) is 3.58. The molecule has 0 bridgehead atoms. The summed E-state index contributed by atoms with van der Waals surface area (Å²) in [5.74, 6) is 0.340. The Hall–Kier alpha value is -1.00. The number of likely N-dealkylation sites (N-methyl/N-ethyl adjacent to an activating group) is 1. The van der Waals surface area contributed by atoms with Crippen LogP contribution in [0.25, 0.3) is 0 Å². The van der Waals surface area contributed by atoms with Crippen LogP contribution in [0.3, 0.4) is 0 Å². The van der Waals surface area contributed by atoms with Crippen LogP contribution in [0, 0.1) is 0 Å². The Morgan fingerprint density at radius 1 is 1.26 bits per heavy atom. The van der Waals surface area contributed by atoms with Crippen molar-refractivity contribution in [3.05, 3.63) is 23.1 Å². The summed E-state index contributed by atoms with van der Waals surface area (Å²) in [4.78, 5) is 16.8. The predicted octanol–water partition coefficient (Wildman–Crippen LogP) is 2.63. The van der Waals surface area contributed by atoms with Crippen LogP contribution in [0.1, 0.15) is 36.2 Å². The van der Waals surface area contributed by atoms with Crippen molar-refractivity contribution in [3.63, 3.8) is 0 Å². The fraction of sp³-hybridized carbons (Fsp3) is 0.643. The van der Waals surface area contributed by atoms with Gasteiger partial charge in [0.15, 0.2) is 11.0 Å². The number of carbonyl (C=O) groups excluding carboxylic acids is 1. The molecule has 2 fully saturated rings. The standard InChI is InChI=1S/C14H19ClN2O2/c1-16-8-2-4-10(16)11-5-3-9-17(11)14(18)12-6-7-13(15)19-12/h6-7,10-11H,2-5,8-9H2,1H3. The second-order valence-electron chi connectivity index (χ2n) is 5.50. The van der Waals surface area contributed by atoms with E-state index in [1.165, 1.54) is 12.8 Å². The molecule has 19 heavy (non-hydrogen) atoms. The van der Waals surface area contributed by atoms with Crippen LogP contribution in [0.5, 0.6) is 0 Å². The third kappa shape index (κ3) is 2.39. The lowest BCUT2D eigenvalue weighted by molar-refractivity contribution is 0.0633. The number of halogens is 1. The highest BCUT2D eigenvalue weighted by Gasteiger charge is 2.39. The van der Waals surface area contributed by atoms with Crippen LogP contribution in [-0.4, -0.2) is 47.9 Å². The highest BCUT2D eigenvalue weighted by Crippen LogP contribution is 2.30. The first-order valence-electron chi connectivity index (χ1n) is 6.93. The van der Waals surface area contributed by atoms with Crippen molar-refractivity contribution in [2.75, 3.05) is 20.1 Å². The number of rotatable bonds is 2. The second kappa shape index (κ2) is 5.17. The molecule has 3 rings (SSSR count). The lowest BCUT2D eigenvalue weighted by atomic mass is 10.0. The average molecular weight is 283 g/mol. The molecule has 0 spiro atoms. The van der Waals surface area contributed by atoms with E-state index in [9.17, 15) is 4.79 Å². The molecule has 3 heterocycles. The third-order valence-corrected chi connectivity index (χ3v) is 4.57. The SMILES string of the molecule is CN1CCCC1C1CCCN1C(=O)c1ccc(Cl)o1. The van der Waals surface area contributed by atoms with Crippen molar-refractivity contribution in [2.45, 2.75) is 37.8 Å². The number of hydrogen-bond acceptors (Lipinski definition) is 3. The molecule has 0 radical (unpaired) electrons. The summed E-state index contributed by atoms with van der Waals surface area (Å²) in [6, 6.07) is 4.11. The summed E-state index contributed by atoms with van der Waals surface area (Å²) in [7, 11) is 2.16. The predicted molar refractivity (Wildman–Crippen MR) is 73.4 cm³/mol. The van der Waals surface area contributed by atoms with Crippen molar-refractivity contribution in [3.8, 4) is 0 Å². The maximum absolute atomic E-state index is 12.5. The lowest BCUT2D eigenvalue weighted by Gasteiger charge is -2.32. The normalized spacial score (nSPS) is 28.2. The van der Waals surface area contributed by atoms with Crippen LogP contribution in [0.2, 0.25) is 5.22 Å². The molecule has 2 aliphatic rings. The van der Waals surface area contributed by atoms with Crippen molar-refractivity contribution >= 4 is 17.5 Å². The van der Waals surface area contributed by atoms with E-state index in [-0.39, 0.29) is 11.1 Å². The number of likely N-dealkylation sites (tertiary alicyclic amines) is 2. The zero-order valence-corrected chi connectivity index (χ0v) is 11.9. The molecule has 4 nitrogen and oxygen atoms in total. The van der Waals surface area contributed by atoms with Gasteiger partial charge in [0.05, 0.1) is 0 Å². The van der Waals surface area contributed by atoms with Crippen LogP contribution in [0.15, 0.2) is 16.5 Å². The molecule has 104 valence electrons. The molecule has 2 aliphatic heterocycles. The number of amides is 1. The minimum Gasteiger partial charge on any atom is -0.440 e. The van der Waals surface area contributed by atoms with E-state index in [1.807, 2.05) is 4.90 Å². The molecular weight excluding hydrogens is 264 g/mol. The zero-order valence-electron chi connectivity index (χ0n) is 11.1. The highest BCUT2D eigenvalue weighted by atomic mass is 35.5. The molecule has 1 aromatic rings. The van der Waals surface area contributed by atoms with Gasteiger partial charge < -0.3 is 14.2 Å². The van der Waals surface area contributed by atoms with E-state index in [1.54, 1.807) is 12.1 Å². The van der Waals surface area contributed by atoms with Gasteiger partial charge in [0, 0.05) is 18.6 Å². The summed E-state index contributed by atoms with van der Waals surface area (Å²) in [6.07, 6.45) is 4.58. The Kier molecular flexibility index (Phi) is 3.54. The fourth-order valence-electron chi connectivity index (χ4n) is 3.44. The lowest BCUT2D eigenvalue weighted by Crippen LogP contribution is -2.47. The van der Waals surface area contributed by atoms with Gasteiger partial charge in [-0.25, -0.2) is 0 Å². The first-order chi connectivity index (χ1) is 9.16. The number of nitrogens with zero attached hydrogens (tertiary/aromatic N) is 2. The van der Waals surface area contributed by atoms with E-state index >= 15 is 0 Å². The monoisotopic (exact) mass is 282 g/mol. The molecule has 1 amide bonds. The second-order valence-corrected chi connectivity index (χ2v) is 5.87. The summed E-state index contributed by atoms with van der Waals surface area (Å²) < 4.78 is 5.26. The van der Waals surface area contributed by atoms with E-state index in [4.69, 9.17) is 16.0 Å². The Morgan fingerprint density at radius 3 is 2.63 bits per heavy atom. The Bertz CT molecular complexity index is 474. The summed E-state index contributed by atoms with van der Waals surface area (Å²) in [6.45, 7) is 1.96. The summed E-state index contributed by atoms with van der Waals surface area (Å²) in [5.41, 5.74) is 0. The number of hydrogen-bond donors (Lipinski definition) is 0. The van der Waals surface area contributed by atoms with Gasteiger partial charge in [0.1, 0.15) is 0 Å². The maximum Gasteiger partial charge on any atom is 0.289 e. The van der Waals surface area contributed by atoms with E-state index in [0.717, 1.165) is 25.9 Å². The number of carbonyl (C=O) groups is 1. The van der Waals surface area contributed by atoms with Crippen LogP contribution in [-0.2, 0) is 0 Å². The largest absolute Gasteiger partial charge is 0.440 e. The van der Waals surface area contributed by atoms with Gasteiger partial charge in [-0.1, -0.05) is 0 Å². The Balaban J connectivity index is 1.77. The number of furan rings is 1. The van der Waals surface area contributed by atoms with Crippen molar-refractivity contribution in [2.24, 2.45) is 0 Å². The molecule has 0 saturated carbocycles. The van der Waals surface area contributed by atoms with Crippen molar-refractivity contribution in [1.29, 1.82) is 0 Å². The topological polar surface area (TPSA) is 36.7 Å². The van der Waals surface area contributed by atoms with Crippen molar-refractivity contribution < 1.29 is 9.21 Å². The van der Waals surface area contributed by atoms with Crippen LogP contribution in [0.4, 0.5) is 0 Å². The third-order valence-electron chi connectivity index (χ3n) is 4.37. The van der Waals surface area contributed by atoms with Gasteiger partial charge in [0.25, 0.3) is 5.91 Å². The molecule has 1 aromatic heterocycles. The minimum absolute atomic E-state index is 0.0188. The first-order valence-corrected chi connectivity index (χ1v) is 7.31.